The van der Waals surface area contributed by atoms with Gasteiger partial charge in [-0.25, -0.2) is 0 Å². The summed E-state index contributed by atoms with van der Waals surface area (Å²) in [7, 11) is 1.58. The van der Waals surface area contributed by atoms with Crippen LogP contribution in [0.3, 0.4) is 0 Å². The molecule has 0 heterocycles. The number of hydrogen-bond acceptors (Lipinski definition) is 4. The van der Waals surface area contributed by atoms with Crippen LogP contribution in [-0.4, -0.2) is 35.6 Å². The van der Waals surface area contributed by atoms with Crippen LogP contribution in [-0.2, 0) is 6.54 Å². The molecule has 0 saturated carbocycles. The molecule has 0 atom stereocenters. The lowest BCUT2D eigenvalue weighted by molar-refractivity contribution is 0.189. The summed E-state index contributed by atoms with van der Waals surface area (Å²) in [4.78, 5) is 2.42. The quantitative estimate of drug-likeness (QED) is 0.351. The van der Waals surface area contributed by atoms with E-state index in [0.29, 0.717) is 23.3 Å². The summed E-state index contributed by atoms with van der Waals surface area (Å²) in [5.41, 5.74) is 7.40. The molecule has 5 nitrogen and oxygen atoms in total. The van der Waals surface area contributed by atoms with Gasteiger partial charge in [-0.15, -0.1) is 0 Å². The molecule has 0 unspecified atom stereocenters. The van der Waals surface area contributed by atoms with Gasteiger partial charge in [0.25, 0.3) is 0 Å². The maximum absolute atomic E-state index is 8.79. The van der Waals surface area contributed by atoms with Crippen molar-refractivity contribution in [3.05, 3.63) is 29.3 Å². The molecule has 0 aliphatic rings. The van der Waals surface area contributed by atoms with Crippen LogP contribution in [0.4, 0.5) is 0 Å². The maximum Gasteiger partial charge on any atom is 0.173 e. The van der Waals surface area contributed by atoms with E-state index >= 15 is 0 Å². The minimum Gasteiger partial charge on any atom is -0.496 e. The molecule has 0 aliphatic carbocycles. The summed E-state index contributed by atoms with van der Waals surface area (Å²) in [6, 6.07) is 6.24. The van der Waals surface area contributed by atoms with Gasteiger partial charge in [-0.2, -0.15) is 0 Å². The molecule has 1 rings (SSSR count). The van der Waals surface area contributed by atoms with Crippen molar-refractivity contribution in [2.75, 3.05) is 13.7 Å². The second-order valence-electron chi connectivity index (χ2n) is 5.94. The van der Waals surface area contributed by atoms with E-state index in [4.69, 9.17) is 15.7 Å². The average Bonchev–Trinajstić information content (AvgIpc) is 2.45. The average molecular weight is 293 g/mol. The molecule has 5 heteroatoms. The number of benzene rings is 1. The van der Waals surface area contributed by atoms with Crippen molar-refractivity contribution in [1.29, 1.82) is 0 Å². The first-order valence-electron chi connectivity index (χ1n) is 7.27. The Morgan fingerprint density at radius 1 is 1.33 bits per heavy atom. The van der Waals surface area contributed by atoms with E-state index in [2.05, 4.69) is 37.8 Å². The highest BCUT2D eigenvalue weighted by molar-refractivity contribution is 5.99. The molecular formula is C16H27N3O2. The first kappa shape index (κ1) is 17.3. The zero-order chi connectivity index (χ0) is 16.0. The van der Waals surface area contributed by atoms with E-state index in [9.17, 15) is 0 Å². The third kappa shape index (κ3) is 4.93. The SMILES string of the molecule is COc1cc(CN(CC(C)C)C(C)C)ccc1/C(N)=N/O. The number of amidine groups is 1. The normalized spacial score (nSPS) is 12.5. The van der Waals surface area contributed by atoms with Crippen LogP contribution in [0.2, 0.25) is 0 Å². The van der Waals surface area contributed by atoms with Crippen LogP contribution >= 0.6 is 0 Å². The van der Waals surface area contributed by atoms with Crippen LogP contribution in [0.1, 0.15) is 38.8 Å². The number of methoxy groups -OCH3 is 1. The summed E-state index contributed by atoms with van der Waals surface area (Å²) in [6.07, 6.45) is 0. The second kappa shape index (κ2) is 7.88. The highest BCUT2D eigenvalue weighted by atomic mass is 16.5. The smallest absolute Gasteiger partial charge is 0.173 e. The highest BCUT2D eigenvalue weighted by Crippen LogP contribution is 2.22. The van der Waals surface area contributed by atoms with E-state index in [1.165, 1.54) is 0 Å². The summed E-state index contributed by atoms with van der Waals surface area (Å²) in [5.74, 6) is 1.29. The topological polar surface area (TPSA) is 71.1 Å². The third-order valence-corrected chi connectivity index (χ3v) is 3.37. The zero-order valence-corrected chi connectivity index (χ0v) is 13.6. The van der Waals surface area contributed by atoms with Gasteiger partial charge in [0.2, 0.25) is 0 Å². The van der Waals surface area contributed by atoms with Crippen molar-refractivity contribution in [2.24, 2.45) is 16.8 Å². The largest absolute Gasteiger partial charge is 0.496 e. The van der Waals surface area contributed by atoms with Crippen molar-refractivity contribution in [3.8, 4) is 5.75 Å². The Hall–Kier alpha value is -1.75. The minimum absolute atomic E-state index is 0.0568. The van der Waals surface area contributed by atoms with Crippen LogP contribution in [0.25, 0.3) is 0 Å². The highest BCUT2D eigenvalue weighted by Gasteiger charge is 2.14. The lowest BCUT2D eigenvalue weighted by Crippen LogP contribution is -2.33. The molecule has 3 N–H and O–H groups in total. The van der Waals surface area contributed by atoms with Crippen LogP contribution in [0.5, 0.6) is 5.75 Å². The van der Waals surface area contributed by atoms with Gasteiger partial charge < -0.3 is 15.7 Å². The molecule has 0 saturated heterocycles. The fourth-order valence-corrected chi connectivity index (χ4v) is 2.26. The monoisotopic (exact) mass is 293 g/mol. The lowest BCUT2D eigenvalue weighted by Gasteiger charge is -2.28. The Labute approximate surface area is 127 Å². The van der Waals surface area contributed by atoms with Gasteiger partial charge in [0, 0.05) is 19.1 Å². The fraction of sp³-hybridized carbons (Fsp3) is 0.562. The van der Waals surface area contributed by atoms with Gasteiger partial charge in [0.1, 0.15) is 5.75 Å². The van der Waals surface area contributed by atoms with Crippen molar-refractivity contribution >= 4 is 5.84 Å². The van der Waals surface area contributed by atoms with E-state index in [1.54, 1.807) is 7.11 Å². The number of nitrogens with zero attached hydrogens (tertiary/aromatic N) is 2. The number of rotatable bonds is 7. The number of nitrogens with two attached hydrogens (primary N) is 1. The van der Waals surface area contributed by atoms with Crippen LogP contribution in [0.15, 0.2) is 23.4 Å². The zero-order valence-electron chi connectivity index (χ0n) is 13.6. The summed E-state index contributed by atoms with van der Waals surface area (Å²) in [5, 5.41) is 11.8. The van der Waals surface area contributed by atoms with E-state index in [-0.39, 0.29) is 5.84 Å². The van der Waals surface area contributed by atoms with Gasteiger partial charge >= 0.3 is 0 Å². The van der Waals surface area contributed by atoms with Crippen molar-refractivity contribution in [1.82, 2.24) is 4.90 Å². The molecule has 0 fully saturated rings. The molecule has 0 aliphatic heterocycles. The predicted octanol–water partition coefficient (Wildman–Crippen LogP) is 2.66. The Balaban J connectivity index is 2.98. The minimum atomic E-state index is 0.0568. The molecule has 0 amide bonds. The van der Waals surface area contributed by atoms with Crippen molar-refractivity contribution in [3.63, 3.8) is 0 Å². The van der Waals surface area contributed by atoms with E-state index < -0.39 is 0 Å². The standard InChI is InChI=1S/C16H27N3O2/c1-11(2)9-19(12(3)4)10-13-6-7-14(16(17)18-20)15(8-13)21-5/h6-8,11-12,20H,9-10H2,1-5H3,(H2,17,18). The summed E-state index contributed by atoms with van der Waals surface area (Å²) >= 11 is 0. The Morgan fingerprint density at radius 3 is 2.48 bits per heavy atom. The summed E-state index contributed by atoms with van der Waals surface area (Å²) in [6.45, 7) is 10.7. The molecule has 0 radical (unpaired) electrons. The molecule has 0 aromatic heterocycles. The molecule has 1 aromatic carbocycles. The van der Waals surface area contributed by atoms with E-state index in [0.717, 1.165) is 18.7 Å². The second-order valence-corrected chi connectivity index (χ2v) is 5.94. The molecule has 118 valence electrons. The first-order chi connectivity index (χ1) is 9.88. The van der Waals surface area contributed by atoms with Crippen molar-refractivity contribution < 1.29 is 9.94 Å². The van der Waals surface area contributed by atoms with Gasteiger partial charge in [0.05, 0.1) is 12.7 Å². The third-order valence-electron chi connectivity index (χ3n) is 3.37. The first-order valence-corrected chi connectivity index (χ1v) is 7.27. The lowest BCUT2D eigenvalue weighted by atomic mass is 10.1. The number of hydrogen-bond donors (Lipinski definition) is 2. The van der Waals surface area contributed by atoms with Gasteiger partial charge in [0.15, 0.2) is 5.84 Å². The maximum atomic E-state index is 8.79. The molecule has 0 bridgehead atoms. The van der Waals surface area contributed by atoms with Crippen LogP contribution < -0.4 is 10.5 Å². The van der Waals surface area contributed by atoms with Gasteiger partial charge in [-0.3, -0.25) is 4.90 Å². The molecule has 1 aromatic rings. The Bertz CT molecular complexity index is 484. The van der Waals surface area contributed by atoms with Crippen molar-refractivity contribution in [2.45, 2.75) is 40.3 Å². The van der Waals surface area contributed by atoms with Crippen LogP contribution in [0, 0.1) is 5.92 Å². The predicted molar refractivity (Wildman–Crippen MR) is 85.9 cm³/mol. The molecule has 21 heavy (non-hydrogen) atoms. The van der Waals surface area contributed by atoms with Gasteiger partial charge in [-0.1, -0.05) is 25.1 Å². The van der Waals surface area contributed by atoms with E-state index in [1.807, 2.05) is 18.2 Å². The Kier molecular flexibility index (Phi) is 6.49. The van der Waals surface area contributed by atoms with Gasteiger partial charge in [-0.05, 0) is 37.5 Å². The fourth-order valence-electron chi connectivity index (χ4n) is 2.26. The number of ether oxygens (including phenoxy) is 1. The molecular weight excluding hydrogens is 266 g/mol. The Morgan fingerprint density at radius 2 is 2.00 bits per heavy atom. The number of oxime groups is 1. The molecule has 0 spiro atoms. The summed E-state index contributed by atoms with van der Waals surface area (Å²) < 4.78 is 5.34.